The van der Waals surface area contributed by atoms with E-state index >= 15 is 0 Å². The maximum absolute atomic E-state index is 11.9. The minimum atomic E-state index is -4.26. The first kappa shape index (κ1) is 13.8. The zero-order valence-electron chi connectivity index (χ0n) is 8.51. The third-order valence-corrected chi connectivity index (χ3v) is 2.61. The van der Waals surface area contributed by atoms with Gasteiger partial charge in [-0.1, -0.05) is 6.07 Å². The van der Waals surface area contributed by atoms with E-state index in [1.165, 1.54) is 12.1 Å². The molecule has 2 N–H and O–H groups in total. The molecule has 0 aliphatic heterocycles. The van der Waals surface area contributed by atoms with Crippen LogP contribution < -0.4 is 5.32 Å². The van der Waals surface area contributed by atoms with Gasteiger partial charge in [0.15, 0.2) is 0 Å². The SMILES string of the molecule is O=C(O)c1c(Br)cccc1NCCC(F)(F)F. The van der Waals surface area contributed by atoms with Gasteiger partial charge in [-0.05, 0) is 28.1 Å². The van der Waals surface area contributed by atoms with Gasteiger partial charge in [0, 0.05) is 16.7 Å². The fourth-order valence-electron chi connectivity index (χ4n) is 1.23. The van der Waals surface area contributed by atoms with Crippen LogP contribution in [0.1, 0.15) is 16.8 Å². The van der Waals surface area contributed by atoms with E-state index in [1.54, 1.807) is 6.07 Å². The van der Waals surface area contributed by atoms with E-state index in [0.717, 1.165) is 0 Å². The molecule has 94 valence electrons. The largest absolute Gasteiger partial charge is 0.478 e. The van der Waals surface area contributed by atoms with Crippen LogP contribution in [0, 0.1) is 0 Å². The van der Waals surface area contributed by atoms with Crippen molar-refractivity contribution in [2.24, 2.45) is 0 Å². The zero-order valence-corrected chi connectivity index (χ0v) is 10.1. The molecule has 0 spiro atoms. The van der Waals surface area contributed by atoms with Crippen LogP contribution in [0.15, 0.2) is 22.7 Å². The molecule has 0 atom stereocenters. The van der Waals surface area contributed by atoms with Crippen molar-refractivity contribution >= 4 is 27.6 Å². The van der Waals surface area contributed by atoms with Gasteiger partial charge in [0.05, 0.1) is 12.0 Å². The van der Waals surface area contributed by atoms with Crippen molar-refractivity contribution in [1.82, 2.24) is 0 Å². The maximum Gasteiger partial charge on any atom is 0.390 e. The predicted molar refractivity (Wildman–Crippen MR) is 60.3 cm³/mol. The summed E-state index contributed by atoms with van der Waals surface area (Å²) in [5, 5.41) is 11.4. The van der Waals surface area contributed by atoms with Gasteiger partial charge in [0.1, 0.15) is 0 Å². The topological polar surface area (TPSA) is 49.3 Å². The van der Waals surface area contributed by atoms with Crippen LogP contribution in [0.25, 0.3) is 0 Å². The van der Waals surface area contributed by atoms with Crippen LogP contribution in [0.3, 0.4) is 0 Å². The molecule has 0 saturated heterocycles. The van der Waals surface area contributed by atoms with E-state index in [4.69, 9.17) is 5.11 Å². The fraction of sp³-hybridized carbons (Fsp3) is 0.300. The molecule has 0 fully saturated rings. The highest BCUT2D eigenvalue weighted by atomic mass is 79.9. The van der Waals surface area contributed by atoms with Gasteiger partial charge in [0.25, 0.3) is 0 Å². The Hall–Kier alpha value is -1.24. The molecule has 0 aliphatic carbocycles. The van der Waals surface area contributed by atoms with Crippen molar-refractivity contribution < 1.29 is 23.1 Å². The number of carboxylic acid groups (broad SMARTS) is 1. The summed E-state index contributed by atoms with van der Waals surface area (Å²) in [5.74, 6) is -1.20. The molecule has 0 aromatic heterocycles. The fourth-order valence-corrected chi connectivity index (χ4v) is 1.76. The minimum absolute atomic E-state index is 0.0744. The molecule has 0 amide bonds. The molecular formula is C10H9BrF3NO2. The number of carboxylic acids is 1. The Bertz CT molecular complexity index is 421. The van der Waals surface area contributed by atoms with Gasteiger partial charge >= 0.3 is 12.1 Å². The number of carbonyl (C=O) groups is 1. The normalized spacial score (nSPS) is 11.3. The Morgan fingerprint density at radius 2 is 2.06 bits per heavy atom. The van der Waals surface area contributed by atoms with Crippen molar-refractivity contribution in [3.8, 4) is 0 Å². The third kappa shape index (κ3) is 4.26. The first-order valence-corrected chi connectivity index (χ1v) is 5.43. The van der Waals surface area contributed by atoms with E-state index < -0.39 is 18.6 Å². The van der Waals surface area contributed by atoms with Crippen LogP contribution >= 0.6 is 15.9 Å². The van der Waals surface area contributed by atoms with Gasteiger partial charge in [-0.15, -0.1) is 0 Å². The lowest BCUT2D eigenvalue weighted by atomic mass is 10.2. The summed E-state index contributed by atoms with van der Waals surface area (Å²) in [6.45, 7) is -0.361. The molecule has 3 nitrogen and oxygen atoms in total. The Kier molecular flexibility index (Phi) is 4.39. The van der Waals surface area contributed by atoms with Gasteiger partial charge in [-0.3, -0.25) is 0 Å². The Balaban J connectivity index is 2.78. The first-order valence-electron chi connectivity index (χ1n) is 4.63. The molecule has 0 aliphatic rings. The Morgan fingerprint density at radius 1 is 1.41 bits per heavy atom. The quantitative estimate of drug-likeness (QED) is 0.894. The molecule has 7 heteroatoms. The smallest absolute Gasteiger partial charge is 0.390 e. The van der Waals surface area contributed by atoms with E-state index in [9.17, 15) is 18.0 Å². The lowest BCUT2D eigenvalue weighted by Crippen LogP contribution is -2.16. The number of anilines is 1. The average Bonchev–Trinajstić information content (AvgIpc) is 2.14. The van der Waals surface area contributed by atoms with Crippen LogP contribution in [-0.2, 0) is 0 Å². The second-order valence-electron chi connectivity index (χ2n) is 3.26. The third-order valence-electron chi connectivity index (χ3n) is 1.95. The average molecular weight is 312 g/mol. The number of halogens is 4. The summed E-state index contributed by atoms with van der Waals surface area (Å²) in [7, 11) is 0. The Labute approximate surface area is 104 Å². The maximum atomic E-state index is 11.9. The number of hydrogen-bond donors (Lipinski definition) is 2. The first-order chi connectivity index (χ1) is 7.81. The molecule has 0 unspecified atom stereocenters. The molecule has 1 aromatic rings. The van der Waals surface area contributed by atoms with Crippen molar-refractivity contribution in [1.29, 1.82) is 0 Å². The van der Waals surface area contributed by atoms with Crippen LogP contribution in [-0.4, -0.2) is 23.8 Å². The van der Waals surface area contributed by atoms with E-state index in [2.05, 4.69) is 21.2 Å². The molecule has 0 radical (unpaired) electrons. The van der Waals surface area contributed by atoms with Crippen LogP contribution in [0.2, 0.25) is 0 Å². The van der Waals surface area contributed by atoms with Crippen molar-refractivity contribution in [2.75, 3.05) is 11.9 Å². The van der Waals surface area contributed by atoms with Crippen LogP contribution in [0.5, 0.6) is 0 Å². The number of alkyl halides is 3. The lowest BCUT2D eigenvalue weighted by molar-refractivity contribution is -0.131. The van der Waals surface area contributed by atoms with E-state index in [0.29, 0.717) is 4.47 Å². The van der Waals surface area contributed by atoms with Gasteiger partial charge in [-0.2, -0.15) is 13.2 Å². The van der Waals surface area contributed by atoms with Crippen molar-refractivity contribution in [2.45, 2.75) is 12.6 Å². The van der Waals surface area contributed by atoms with Gasteiger partial charge in [0.2, 0.25) is 0 Å². The number of aromatic carboxylic acids is 1. The summed E-state index contributed by atoms with van der Waals surface area (Å²) < 4.78 is 36.1. The lowest BCUT2D eigenvalue weighted by Gasteiger charge is -2.12. The summed E-state index contributed by atoms with van der Waals surface area (Å²) in [5.41, 5.74) is 0.0887. The van der Waals surface area contributed by atoms with Crippen molar-refractivity contribution in [3.63, 3.8) is 0 Å². The predicted octanol–water partition coefficient (Wildman–Crippen LogP) is 3.51. The van der Waals surface area contributed by atoms with E-state index in [-0.39, 0.29) is 17.8 Å². The minimum Gasteiger partial charge on any atom is -0.478 e. The highest BCUT2D eigenvalue weighted by molar-refractivity contribution is 9.10. The monoisotopic (exact) mass is 311 g/mol. The molecular weight excluding hydrogens is 303 g/mol. The Morgan fingerprint density at radius 3 is 2.59 bits per heavy atom. The molecule has 0 heterocycles. The standard InChI is InChI=1S/C10H9BrF3NO2/c11-6-2-1-3-7(8(6)9(16)17)15-5-4-10(12,13)14/h1-3,15H,4-5H2,(H,16,17). The summed E-state index contributed by atoms with van der Waals surface area (Å²) in [4.78, 5) is 10.9. The number of benzene rings is 1. The van der Waals surface area contributed by atoms with Crippen LogP contribution in [0.4, 0.5) is 18.9 Å². The highest BCUT2D eigenvalue weighted by Crippen LogP contribution is 2.26. The van der Waals surface area contributed by atoms with Gasteiger partial charge < -0.3 is 10.4 Å². The van der Waals surface area contributed by atoms with Gasteiger partial charge in [-0.25, -0.2) is 4.79 Å². The molecule has 0 bridgehead atoms. The summed E-state index contributed by atoms with van der Waals surface area (Å²) in [6, 6.07) is 4.48. The molecule has 1 rings (SSSR count). The zero-order chi connectivity index (χ0) is 13.1. The molecule has 1 aromatic carbocycles. The highest BCUT2D eigenvalue weighted by Gasteiger charge is 2.26. The second kappa shape index (κ2) is 5.39. The van der Waals surface area contributed by atoms with Crippen molar-refractivity contribution in [3.05, 3.63) is 28.2 Å². The number of rotatable bonds is 4. The van der Waals surface area contributed by atoms with E-state index in [1.807, 2.05) is 0 Å². The second-order valence-corrected chi connectivity index (χ2v) is 4.11. The summed E-state index contributed by atoms with van der Waals surface area (Å²) >= 11 is 3.04. The molecule has 17 heavy (non-hydrogen) atoms. The number of nitrogens with one attached hydrogen (secondary N) is 1. The number of hydrogen-bond acceptors (Lipinski definition) is 2. The molecule has 0 saturated carbocycles. The summed E-state index contributed by atoms with van der Waals surface area (Å²) in [6.07, 6.45) is -5.28.